The number of nitrogens with one attached hydrogen (secondary N) is 1. The zero-order chi connectivity index (χ0) is 12.4. The van der Waals surface area contributed by atoms with Crippen LogP contribution in [0.15, 0.2) is 31.8 Å². The Balaban J connectivity index is 2.15. The van der Waals surface area contributed by atoms with Crippen molar-refractivity contribution in [1.29, 1.82) is 0 Å². The third kappa shape index (κ3) is 3.07. The molecule has 0 aliphatic carbocycles. The summed E-state index contributed by atoms with van der Waals surface area (Å²) in [5.74, 6) is 2.21. The van der Waals surface area contributed by atoms with Gasteiger partial charge in [0.25, 0.3) is 0 Å². The minimum Gasteiger partial charge on any atom is -0.444 e. The molecule has 2 rings (SSSR count). The number of pyridine rings is 1. The molecule has 4 nitrogen and oxygen atoms in total. The number of rotatable bonds is 3. The first-order valence-corrected chi connectivity index (χ1v) is 6.65. The zero-order valence-electron chi connectivity index (χ0n) is 9.37. The molecular formula is C11H11Br2N3O. The summed E-state index contributed by atoms with van der Waals surface area (Å²) in [6, 6.07) is 1.90. The molecule has 0 spiro atoms. The van der Waals surface area contributed by atoms with Crippen LogP contribution in [-0.4, -0.2) is 9.97 Å². The van der Waals surface area contributed by atoms with Crippen LogP contribution in [0.4, 0.5) is 5.82 Å². The molecule has 2 aromatic rings. The van der Waals surface area contributed by atoms with Gasteiger partial charge in [0, 0.05) is 10.7 Å². The molecule has 2 heterocycles. The second-order valence-electron chi connectivity index (χ2n) is 3.66. The molecule has 1 N–H and O–H groups in total. The summed E-state index contributed by atoms with van der Waals surface area (Å²) in [5.41, 5.74) is 0. The second kappa shape index (κ2) is 5.18. The van der Waals surface area contributed by atoms with E-state index in [1.807, 2.05) is 19.9 Å². The summed E-state index contributed by atoms with van der Waals surface area (Å²) < 4.78 is 7.27. The van der Waals surface area contributed by atoms with Gasteiger partial charge in [0.15, 0.2) is 0 Å². The fourth-order valence-corrected chi connectivity index (χ4v) is 2.46. The van der Waals surface area contributed by atoms with Crippen molar-refractivity contribution in [3.8, 4) is 0 Å². The highest BCUT2D eigenvalue weighted by atomic mass is 79.9. The topological polar surface area (TPSA) is 51.0 Å². The minimum atomic E-state index is -0.0336. The Morgan fingerprint density at radius 2 is 2.06 bits per heavy atom. The Kier molecular flexibility index (Phi) is 3.83. The highest BCUT2D eigenvalue weighted by Crippen LogP contribution is 2.26. The molecule has 0 saturated carbocycles. The standard InChI is InChI=1S/C11H11Br2N3O/c1-6-4-15-11(17-6)7(2)16-10-9(13)3-8(12)5-14-10/h3-5,7H,1-2H3,(H,14,16). The average molecular weight is 361 g/mol. The van der Waals surface area contributed by atoms with Crippen LogP contribution < -0.4 is 5.32 Å². The lowest BCUT2D eigenvalue weighted by atomic mass is 10.3. The SMILES string of the molecule is Cc1cnc(C(C)Nc2ncc(Br)cc2Br)o1. The van der Waals surface area contributed by atoms with Crippen molar-refractivity contribution in [3.63, 3.8) is 0 Å². The highest BCUT2D eigenvalue weighted by Gasteiger charge is 2.13. The van der Waals surface area contributed by atoms with E-state index in [1.54, 1.807) is 12.4 Å². The summed E-state index contributed by atoms with van der Waals surface area (Å²) in [6.45, 7) is 3.85. The summed E-state index contributed by atoms with van der Waals surface area (Å²) >= 11 is 6.81. The van der Waals surface area contributed by atoms with Crippen molar-refractivity contribution in [1.82, 2.24) is 9.97 Å². The molecule has 90 valence electrons. The van der Waals surface area contributed by atoms with Crippen LogP contribution in [-0.2, 0) is 0 Å². The van der Waals surface area contributed by atoms with E-state index < -0.39 is 0 Å². The second-order valence-corrected chi connectivity index (χ2v) is 5.43. The molecular weight excluding hydrogens is 350 g/mol. The molecule has 2 aromatic heterocycles. The van der Waals surface area contributed by atoms with E-state index in [1.165, 1.54) is 0 Å². The Bertz CT molecular complexity index is 527. The number of hydrogen-bond acceptors (Lipinski definition) is 4. The van der Waals surface area contributed by atoms with E-state index in [0.29, 0.717) is 5.89 Å². The Labute approximate surface area is 116 Å². The smallest absolute Gasteiger partial charge is 0.216 e. The maximum Gasteiger partial charge on any atom is 0.216 e. The Morgan fingerprint density at radius 3 is 2.65 bits per heavy atom. The van der Waals surface area contributed by atoms with Gasteiger partial charge in [0.05, 0.1) is 10.7 Å². The van der Waals surface area contributed by atoms with Crippen molar-refractivity contribution in [2.24, 2.45) is 0 Å². The van der Waals surface area contributed by atoms with Crippen molar-refractivity contribution in [2.45, 2.75) is 19.9 Å². The molecule has 17 heavy (non-hydrogen) atoms. The van der Waals surface area contributed by atoms with Crippen LogP contribution in [0.25, 0.3) is 0 Å². The third-order valence-corrected chi connectivity index (χ3v) is 3.21. The zero-order valence-corrected chi connectivity index (χ0v) is 12.5. The lowest BCUT2D eigenvalue weighted by Crippen LogP contribution is -2.08. The molecule has 0 aliphatic heterocycles. The van der Waals surface area contributed by atoms with E-state index >= 15 is 0 Å². The molecule has 1 atom stereocenters. The lowest BCUT2D eigenvalue weighted by molar-refractivity contribution is 0.453. The summed E-state index contributed by atoms with van der Waals surface area (Å²) in [7, 11) is 0. The van der Waals surface area contributed by atoms with E-state index in [9.17, 15) is 0 Å². The van der Waals surface area contributed by atoms with E-state index in [0.717, 1.165) is 20.5 Å². The van der Waals surface area contributed by atoms with Crippen molar-refractivity contribution >= 4 is 37.7 Å². The predicted octanol–water partition coefficient (Wildman–Crippen LogP) is 4.08. The van der Waals surface area contributed by atoms with Gasteiger partial charge in [0.1, 0.15) is 17.6 Å². The van der Waals surface area contributed by atoms with Crippen LogP contribution >= 0.6 is 31.9 Å². The number of hydrogen-bond donors (Lipinski definition) is 1. The summed E-state index contributed by atoms with van der Waals surface area (Å²) in [6.07, 6.45) is 3.44. The summed E-state index contributed by atoms with van der Waals surface area (Å²) in [5, 5.41) is 3.23. The minimum absolute atomic E-state index is 0.0336. The van der Waals surface area contributed by atoms with E-state index in [4.69, 9.17) is 4.42 Å². The van der Waals surface area contributed by atoms with Crippen LogP contribution in [0.3, 0.4) is 0 Å². The van der Waals surface area contributed by atoms with Crippen molar-refractivity contribution < 1.29 is 4.42 Å². The molecule has 0 aromatic carbocycles. The number of aromatic nitrogens is 2. The molecule has 6 heteroatoms. The van der Waals surface area contributed by atoms with Gasteiger partial charge >= 0.3 is 0 Å². The molecule has 0 fully saturated rings. The fourth-order valence-electron chi connectivity index (χ4n) is 1.36. The average Bonchev–Trinajstić information content (AvgIpc) is 2.69. The number of halogens is 2. The summed E-state index contributed by atoms with van der Waals surface area (Å²) in [4.78, 5) is 8.45. The molecule has 1 unspecified atom stereocenters. The normalized spacial score (nSPS) is 12.5. The van der Waals surface area contributed by atoms with Crippen LogP contribution in [0.1, 0.15) is 24.6 Å². The number of aryl methyl sites for hydroxylation is 1. The lowest BCUT2D eigenvalue weighted by Gasteiger charge is -2.12. The highest BCUT2D eigenvalue weighted by molar-refractivity contribution is 9.11. The van der Waals surface area contributed by atoms with Crippen LogP contribution in [0.5, 0.6) is 0 Å². The van der Waals surface area contributed by atoms with E-state index in [-0.39, 0.29) is 6.04 Å². The van der Waals surface area contributed by atoms with Gasteiger partial charge in [-0.3, -0.25) is 0 Å². The molecule has 0 bridgehead atoms. The van der Waals surface area contributed by atoms with Gasteiger partial charge in [-0.25, -0.2) is 9.97 Å². The van der Waals surface area contributed by atoms with Gasteiger partial charge in [-0.15, -0.1) is 0 Å². The third-order valence-electron chi connectivity index (χ3n) is 2.17. The quantitative estimate of drug-likeness (QED) is 0.896. The molecule has 0 saturated heterocycles. The van der Waals surface area contributed by atoms with Gasteiger partial charge < -0.3 is 9.73 Å². The van der Waals surface area contributed by atoms with Gasteiger partial charge in [-0.1, -0.05) is 0 Å². The molecule has 0 amide bonds. The first kappa shape index (κ1) is 12.6. The molecule has 0 radical (unpaired) electrons. The Morgan fingerprint density at radius 1 is 1.29 bits per heavy atom. The van der Waals surface area contributed by atoms with Crippen molar-refractivity contribution in [3.05, 3.63) is 39.1 Å². The van der Waals surface area contributed by atoms with Crippen LogP contribution in [0, 0.1) is 6.92 Å². The maximum absolute atomic E-state index is 5.46. The fraction of sp³-hybridized carbons (Fsp3) is 0.273. The Hall–Kier alpha value is -0.880. The monoisotopic (exact) mass is 359 g/mol. The maximum atomic E-state index is 5.46. The number of anilines is 1. The van der Waals surface area contributed by atoms with Gasteiger partial charge in [-0.2, -0.15) is 0 Å². The van der Waals surface area contributed by atoms with Gasteiger partial charge in [0.2, 0.25) is 5.89 Å². The number of nitrogens with zero attached hydrogens (tertiary/aromatic N) is 2. The first-order valence-electron chi connectivity index (χ1n) is 5.06. The van der Waals surface area contributed by atoms with Crippen molar-refractivity contribution in [2.75, 3.05) is 5.32 Å². The van der Waals surface area contributed by atoms with E-state index in [2.05, 4.69) is 47.1 Å². The predicted molar refractivity (Wildman–Crippen MR) is 72.9 cm³/mol. The first-order chi connectivity index (χ1) is 8.06. The van der Waals surface area contributed by atoms with Gasteiger partial charge in [-0.05, 0) is 51.8 Å². The molecule has 0 aliphatic rings. The largest absolute Gasteiger partial charge is 0.444 e. The number of oxazole rings is 1. The van der Waals surface area contributed by atoms with Crippen LogP contribution in [0.2, 0.25) is 0 Å².